The summed E-state index contributed by atoms with van der Waals surface area (Å²) in [5, 5.41) is 5.63. The predicted octanol–water partition coefficient (Wildman–Crippen LogP) is 1.94. The van der Waals surface area contributed by atoms with Gasteiger partial charge in [0, 0.05) is 32.2 Å². The number of urea groups is 1. The molecule has 2 N–H and O–H groups in total. The summed E-state index contributed by atoms with van der Waals surface area (Å²) in [6.45, 7) is 2.58. The van der Waals surface area contributed by atoms with Gasteiger partial charge in [0.15, 0.2) is 0 Å². The highest BCUT2D eigenvalue weighted by molar-refractivity contribution is 5.89. The molecule has 0 aromatic heterocycles. The molecule has 1 heterocycles. The van der Waals surface area contributed by atoms with E-state index in [1.54, 1.807) is 4.90 Å². The molecule has 1 saturated heterocycles. The summed E-state index contributed by atoms with van der Waals surface area (Å²) in [5.74, 6) is 0. The highest BCUT2D eigenvalue weighted by atomic mass is 19.4. The molecule has 1 fully saturated rings. The van der Waals surface area contributed by atoms with Crippen LogP contribution in [0.25, 0.3) is 0 Å². The van der Waals surface area contributed by atoms with E-state index >= 15 is 0 Å². The van der Waals surface area contributed by atoms with Crippen molar-refractivity contribution in [2.45, 2.75) is 6.18 Å². The van der Waals surface area contributed by atoms with Crippen LogP contribution in [-0.4, -0.2) is 37.1 Å². The van der Waals surface area contributed by atoms with Gasteiger partial charge in [-0.3, -0.25) is 0 Å². The van der Waals surface area contributed by atoms with Gasteiger partial charge in [-0.05, 0) is 18.2 Å². The molecule has 1 aromatic carbocycles. The zero-order valence-electron chi connectivity index (χ0n) is 10.0. The Morgan fingerprint density at radius 1 is 1.32 bits per heavy atom. The van der Waals surface area contributed by atoms with Crippen LogP contribution in [0.4, 0.5) is 23.7 Å². The number of hydrogen-bond acceptors (Lipinski definition) is 2. The SMILES string of the molecule is O=C(Nc1[c]cc(C(F)(F)F)cc1)N1CCNCC1. The summed E-state index contributed by atoms with van der Waals surface area (Å²) in [6, 6.07) is 5.04. The number of halogens is 3. The summed E-state index contributed by atoms with van der Waals surface area (Å²) in [4.78, 5) is 13.4. The number of anilines is 1. The number of rotatable bonds is 1. The van der Waals surface area contributed by atoms with E-state index in [9.17, 15) is 18.0 Å². The van der Waals surface area contributed by atoms with Crippen molar-refractivity contribution in [2.24, 2.45) is 0 Å². The molecule has 7 heteroatoms. The van der Waals surface area contributed by atoms with Crippen LogP contribution in [0.2, 0.25) is 0 Å². The lowest BCUT2D eigenvalue weighted by Crippen LogP contribution is -2.48. The summed E-state index contributed by atoms with van der Waals surface area (Å²) >= 11 is 0. The monoisotopic (exact) mass is 272 g/mol. The molecule has 0 unspecified atom stereocenters. The lowest BCUT2D eigenvalue weighted by atomic mass is 10.2. The quantitative estimate of drug-likeness (QED) is 0.820. The fourth-order valence-corrected chi connectivity index (χ4v) is 1.74. The van der Waals surface area contributed by atoms with Crippen LogP contribution in [0.3, 0.4) is 0 Å². The van der Waals surface area contributed by atoms with Gasteiger partial charge in [0.25, 0.3) is 0 Å². The number of nitrogens with one attached hydrogen (secondary N) is 2. The van der Waals surface area contributed by atoms with Crippen molar-refractivity contribution in [1.29, 1.82) is 0 Å². The van der Waals surface area contributed by atoms with E-state index in [1.165, 1.54) is 6.07 Å². The number of carbonyl (C=O) groups is 1. The summed E-state index contributed by atoms with van der Waals surface area (Å²) in [6.07, 6.45) is -4.39. The Morgan fingerprint density at radius 3 is 2.53 bits per heavy atom. The van der Waals surface area contributed by atoms with Crippen LogP contribution in [0.1, 0.15) is 5.56 Å². The second-order valence-corrected chi connectivity index (χ2v) is 4.16. The number of nitrogens with zero attached hydrogens (tertiary/aromatic N) is 1. The van der Waals surface area contributed by atoms with Crippen LogP contribution in [0.5, 0.6) is 0 Å². The first-order valence-corrected chi connectivity index (χ1v) is 5.82. The molecule has 2 amide bonds. The van der Waals surface area contributed by atoms with Crippen molar-refractivity contribution in [3.63, 3.8) is 0 Å². The van der Waals surface area contributed by atoms with Crippen molar-refractivity contribution in [2.75, 3.05) is 31.5 Å². The van der Waals surface area contributed by atoms with E-state index in [2.05, 4.69) is 16.7 Å². The maximum atomic E-state index is 12.4. The van der Waals surface area contributed by atoms with Crippen molar-refractivity contribution < 1.29 is 18.0 Å². The number of hydrogen-bond donors (Lipinski definition) is 2. The van der Waals surface area contributed by atoms with Crippen molar-refractivity contribution in [1.82, 2.24) is 10.2 Å². The second-order valence-electron chi connectivity index (χ2n) is 4.16. The molecule has 1 aliphatic heterocycles. The minimum Gasteiger partial charge on any atom is -0.322 e. The van der Waals surface area contributed by atoms with E-state index in [1.807, 2.05) is 0 Å². The number of benzene rings is 1. The largest absolute Gasteiger partial charge is 0.416 e. The van der Waals surface area contributed by atoms with Gasteiger partial charge >= 0.3 is 12.2 Å². The molecule has 0 saturated carbocycles. The van der Waals surface area contributed by atoms with Gasteiger partial charge in [0.2, 0.25) is 0 Å². The minimum atomic E-state index is -4.39. The average molecular weight is 272 g/mol. The van der Waals surface area contributed by atoms with Crippen LogP contribution in [0.15, 0.2) is 18.2 Å². The topological polar surface area (TPSA) is 44.4 Å². The molecule has 0 atom stereocenters. The summed E-state index contributed by atoms with van der Waals surface area (Å²) in [5.41, 5.74) is -0.552. The van der Waals surface area contributed by atoms with Crippen LogP contribution < -0.4 is 10.6 Å². The summed E-state index contributed by atoms with van der Waals surface area (Å²) < 4.78 is 37.1. The van der Waals surface area contributed by atoms with E-state index in [4.69, 9.17) is 0 Å². The standard InChI is InChI=1S/C12H13F3N3O/c13-12(14,15)9-1-3-10(4-2-9)17-11(19)18-7-5-16-6-8-18/h1-3,16H,5-8H2,(H,17,19). The van der Waals surface area contributed by atoms with Gasteiger partial charge in [0.05, 0.1) is 11.3 Å². The molecule has 1 aliphatic rings. The Morgan fingerprint density at radius 2 is 2.00 bits per heavy atom. The smallest absolute Gasteiger partial charge is 0.322 e. The molecule has 19 heavy (non-hydrogen) atoms. The first-order valence-electron chi connectivity index (χ1n) is 5.82. The lowest BCUT2D eigenvalue weighted by Gasteiger charge is -2.27. The van der Waals surface area contributed by atoms with Gasteiger partial charge in [-0.1, -0.05) is 0 Å². The maximum Gasteiger partial charge on any atom is 0.416 e. The third-order valence-corrected chi connectivity index (χ3v) is 2.79. The molecule has 1 radical (unpaired) electrons. The minimum absolute atomic E-state index is 0.233. The molecular weight excluding hydrogens is 259 g/mol. The highest BCUT2D eigenvalue weighted by Crippen LogP contribution is 2.29. The average Bonchev–Trinajstić information content (AvgIpc) is 2.39. The normalized spacial score (nSPS) is 16.3. The number of piperazine rings is 1. The summed E-state index contributed by atoms with van der Waals surface area (Å²) in [7, 11) is 0. The van der Waals surface area contributed by atoms with E-state index in [-0.39, 0.29) is 11.7 Å². The third kappa shape index (κ3) is 3.60. The predicted molar refractivity (Wildman–Crippen MR) is 63.7 cm³/mol. The lowest BCUT2D eigenvalue weighted by molar-refractivity contribution is -0.137. The van der Waals surface area contributed by atoms with Gasteiger partial charge < -0.3 is 15.5 Å². The van der Waals surface area contributed by atoms with Gasteiger partial charge in [-0.25, -0.2) is 4.79 Å². The number of alkyl halides is 3. The molecule has 0 aliphatic carbocycles. The Balaban J connectivity index is 1.97. The first-order chi connectivity index (χ1) is 8.97. The Hall–Kier alpha value is -1.76. The van der Waals surface area contributed by atoms with Crippen molar-refractivity contribution >= 4 is 11.7 Å². The third-order valence-electron chi connectivity index (χ3n) is 2.79. The first kappa shape index (κ1) is 13.7. The Kier molecular flexibility index (Phi) is 3.94. The van der Waals surface area contributed by atoms with E-state index < -0.39 is 11.7 Å². The van der Waals surface area contributed by atoms with Gasteiger partial charge in [-0.2, -0.15) is 13.2 Å². The van der Waals surface area contributed by atoms with E-state index in [0.717, 1.165) is 12.1 Å². The zero-order valence-corrected chi connectivity index (χ0v) is 10.0. The Labute approximate surface area is 108 Å². The van der Waals surface area contributed by atoms with Crippen LogP contribution >= 0.6 is 0 Å². The fraction of sp³-hybridized carbons (Fsp3) is 0.417. The van der Waals surface area contributed by atoms with E-state index in [0.29, 0.717) is 26.2 Å². The van der Waals surface area contributed by atoms with Crippen molar-refractivity contribution in [3.8, 4) is 0 Å². The second kappa shape index (κ2) is 5.48. The molecule has 103 valence electrons. The molecule has 1 aromatic rings. The number of amides is 2. The molecule has 0 spiro atoms. The number of carbonyl (C=O) groups excluding carboxylic acids is 1. The van der Waals surface area contributed by atoms with Gasteiger partial charge in [0.1, 0.15) is 0 Å². The van der Waals surface area contributed by atoms with Crippen molar-refractivity contribution in [3.05, 3.63) is 29.8 Å². The Bertz CT molecular complexity index is 439. The fourth-order valence-electron chi connectivity index (χ4n) is 1.74. The maximum absolute atomic E-state index is 12.4. The highest BCUT2D eigenvalue weighted by Gasteiger charge is 2.30. The van der Waals surface area contributed by atoms with Crippen LogP contribution in [0, 0.1) is 6.07 Å². The van der Waals surface area contributed by atoms with Crippen LogP contribution in [-0.2, 0) is 6.18 Å². The van der Waals surface area contributed by atoms with Gasteiger partial charge in [-0.15, -0.1) is 0 Å². The molecule has 4 nitrogen and oxygen atoms in total. The molecule has 0 bridgehead atoms. The zero-order chi connectivity index (χ0) is 13.9. The molecule has 2 rings (SSSR count). The molecular formula is C12H13F3N3O.